The van der Waals surface area contributed by atoms with Gasteiger partial charge in [-0.1, -0.05) is 6.07 Å². The highest BCUT2D eigenvalue weighted by molar-refractivity contribution is 7.89. The van der Waals surface area contributed by atoms with Crippen molar-refractivity contribution < 1.29 is 22.7 Å². The van der Waals surface area contributed by atoms with Crippen molar-refractivity contribution in [1.29, 1.82) is 0 Å². The first kappa shape index (κ1) is 15.1. The summed E-state index contributed by atoms with van der Waals surface area (Å²) < 4.78 is 27.7. The lowest BCUT2D eigenvalue weighted by molar-refractivity contribution is 0.0696. The summed E-state index contributed by atoms with van der Waals surface area (Å²) in [6.07, 6.45) is 1.15. The SMILES string of the molecule is Cc1ccc(S(N)(=O)=O)cc1NCc1cc(C(=O)O)co1. The van der Waals surface area contributed by atoms with E-state index >= 15 is 0 Å². The van der Waals surface area contributed by atoms with Crippen LogP contribution in [0.3, 0.4) is 0 Å². The second-order valence-electron chi connectivity index (χ2n) is 4.48. The molecule has 2 aromatic rings. The van der Waals surface area contributed by atoms with Crippen molar-refractivity contribution in [3.05, 3.63) is 47.4 Å². The molecule has 0 spiro atoms. The van der Waals surface area contributed by atoms with Crippen molar-refractivity contribution in [3.8, 4) is 0 Å². The van der Waals surface area contributed by atoms with Crippen LogP contribution in [0.1, 0.15) is 21.7 Å². The number of aryl methyl sites for hydroxylation is 1. The van der Waals surface area contributed by atoms with Gasteiger partial charge in [0.15, 0.2) is 0 Å². The molecular weight excluding hydrogens is 296 g/mol. The average molecular weight is 310 g/mol. The number of carbonyl (C=O) groups is 1. The second kappa shape index (κ2) is 5.58. The van der Waals surface area contributed by atoms with Gasteiger partial charge in [0.2, 0.25) is 10.0 Å². The van der Waals surface area contributed by atoms with Gasteiger partial charge in [-0.15, -0.1) is 0 Å². The first-order valence-electron chi connectivity index (χ1n) is 5.95. The lowest BCUT2D eigenvalue weighted by Gasteiger charge is -2.09. The third-order valence-electron chi connectivity index (χ3n) is 2.89. The van der Waals surface area contributed by atoms with Crippen molar-refractivity contribution >= 4 is 21.7 Å². The Kier molecular flexibility index (Phi) is 4.01. The van der Waals surface area contributed by atoms with Crippen molar-refractivity contribution in [1.82, 2.24) is 0 Å². The summed E-state index contributed by atoms with van der Waals surface area (Å²) in [5, 5.41) is 16.9. The fraction of sp³-hybridized carbons (Fsp3) is 0.154. The molecule has 0 amide bonds. The maximum Gasteiger partial charge on any atom is 0.338 e. The van der Waals surface area contributed by atoms with E-state index in [1.165, 1.54) is 18.2 Å². The minimum absolute atomic E-state index is 0.00118. The Labute approximate surface area is 121 Å². The largest absolute Gasteiger partial charge is 0.478 e. The predicted octanol–water partition coefficient (Wildman–Crippen LogP) is 1.55. The summed E-state index contributed by atoms with van der Waals surface area (Å²) >= 11 is 0. The standard InChI is InChI=1S/C13H14N2O5S/c1-8-2-3-11(21(14,18)19)5-12(8)15-6-10-4-9(7-20-10)13(16)17/h2-5,7,15H,6H2,1H3,(H,16,17)(H2,14,18,19). The van der Waals surface area contributed by atoms with Gasteiger partial charge in [0.1, 0.15) is 12.0 Å². The van der Waals surface area contributed by atoms with E-state index in [4.69, 9.17) is 14.7 Å². The van der Waals surface area contributed by atoms with Gasteiger partial charge in [-0.3, -0.25) is 0 Å². The topological polar surface area (TPSA) is 123 Å². The number of benzene rings is 1. The molecule has 0 bridgehead atoms. The van der Waals surface area contributed by atoms with Crippen molar-refractivity contribution in [3.63, 3.8) is 0 Å². The maximum absolute atomic E-state index is 11.3. The van der Waals surface area contributed by atoms with E-state index in [9.17, 15) is 13.2 Å². The Hall–Kier alpha value is -2.32. The molecule has 112 valence electrons. The second-order valence-corrected chi connectivity index (χ2v) is 6.04. The van der Waals surface area contributed by atoms with Gasteiger partial charge in [0.05, 0.1) is 17.0 Å². The van der Waals surface area contributed by atoms with Gasteiger partial charge < -0.3 is 14.8 Å². The number of furan rings is 1. The van der Waals surface area contributed by atoms with Crippen LogP contribution in [0.5, 0.6) is 0 Å². The van der Waals surface area contributed by atoms with E-state index in [0.717, 1.165) is 11.8 Å². The molecule has 7 nitrogen and oxygen atoms in total. The molecule has 8 heteroatoms. The van der Waals surface area contributed by atoms with Gasteiger partial charge >= 0.3 is 5.97 Å². The van der Waals surface area contributed by atoms with Crippen LogP contribution in [0.25, 0.3) is 0 Å². The normalized spacial score (nSPS) is 11.3. The highest BCUT2D eigenvalue weighted by Crippen LogP contribution is 2.20. The predicted molar refractivity (Wildman–Crippen MR) is 75.5 cm³/mol. The zero-order valence-electron chi connectivity index (χ0n) is 11.2. The molecule has 0 aliphatic carbocycles. The third kappa shape index (κ3) is 3.61. The Balaban J connectivity index is 2.17. The number of sulfonamides is 1. The highest BCUT2D eigenvalue weighted by Gasteiger charge is 2.11. The van der Waals surface area contributed by atoms with Crippen LogP contribution in [0.4, 0.5) is 5.69 Å². The molecule has 0 aliphatic rings. The Morgan fingerprint density at radius 1 is 1.38 bits per heavy atom. The van der Waals surface area contributed by atoms with Gasteiger partial charge in [-0.25, -0.2) is 18.4 Å². The van der Waals surface area contributed by atoms with Crippen LogP contribution in [-0.2, 0) is 16.6 Å². The fourth-order valence-corrected chi connectivity index (χ4v) is 2.28. The molecule has 4 N–H and O–H groups in total. The monoisotopic (exact) mass is 310 g/mol. The number of primary sulfonamides is 1. The minimum Gasteiger partial charge on any atom is -0.478 e. The van der Waals surface area contributed by atoms with E-state index in [0.29, 0.717) is 11.4 Å². The highest BCUT2D eigenvalue weighted by atomic mass is 32.2. The van der Waals surface area contributed by atoms with Gasteiger partial charge in [0, 0.05) is 5.69 Å². The molecule has 1 aromatic carbocycles. The molecule has 21 heavy (non-hydrogen) atoms. The van der Waals surface area contributed by atoms with Crippen LogP contribution in [0.2, 0.25) is 0 Å². The summed E-state index contributed by atoms with van der Waals surface area (Å²) in [5.41, 5.74) is 1.46. The molecule has 2 rings (SSSR count). The Morgan fingerprint density at radius 3 is 2.67 bits per heavy atom. The minimum atomic E-state index is -3.77. The van der Waals surface area contributed by atoms with Crippen LogP contribution in [-0.4, -0.2) is 19.5 Å². The number of hydrogen-bond donors (Lipinski definition) is 3. The van der Waals surface area contributed by atoms with E-state index in [1.54, 1.807) is 13.0 Å². The van der Waals surface area contributed by atoms with Crippen molar-refractivity contribution in [2.75, 3.05) is 5.32 Å². The Morgan fingerprint density at radius 2 is 2.10 bits per heavy atom. The Bertz CT molecular complexity index is 780. The molecule has 0 aliphatic heterocycles. The van der Waals surface area contributed by atoms with Gasteiger partial charge in [-0.05, 0) is 30.7 Å². The van der Waals surface area contributed by atoms with Gasteiger partial charge in [-0.2, -0.15) is 0 Å². The van der Waals surface area contributed by atoms with E-state index in [-0.39, 0.29) is 17.0 Å². The first-order chi connectivity index (χ1) is 9.77. The average Bonchev–Trinajstić information content (AvgIpc) is 2.85. The first-order valence-corrected chi connectivity index (χ1v) is 7.50. The van der Waals surface area contributed by atoms with Crippen molar-refractivity contribution in [2.24, 2.45) is 5.14 Å². The molecule has 1 aromatic heterocycles. The number of carboxylic acid groups (broad SMARTS) is 1. The number of anilines is 1. The van der Waals surface area contributed by atoms with Crippen LogP contribution >= 0.6 is 0 Å². The number of hydrogen-bond acceptors (Lipinski definition) is 5. The quantitative estimate of drug-likeness (QED) is 0.770. The number of nitrogens with two attached hydrogens (primary N) is 1. The number of aromatic carboxylic acids is 1. The van der Waals surface area contributed by atoms with Crippen LogP contribution in [0, 0.1) is 6.92 Å². The number of rotatable bonds is 5. The van der Waals surface area contributed by atoms with E-state index in [2.05, 4.69) is 5.32 Å². The lowest BCUT2D eigenvalue weighted by Crippen LogP contribution is -2.12. The molecule has 0 unspecified atom stereocenters. The molecule has 0 atom stereocenters. The molecule has 0 saturated carbocycles. The maximum atomic E-state index is 11.3. The van der Waals surface area contributed by atoms with Crippen LogP contribution in [0.15, 0.2) is 39.8 Å². The van der Waals surface area contributed by atoms with E-state index < -0.39 is 16.0 Å². The van der Waals surface area contributed by atoms with Crippen LogP contribution < -0.4 is 10.5 Å². The summed E-state index contributed by atoms with van der Waals surface area (Å²) in [7, 11) is -3.77. The number of carboxylic acids is 1. The van der Waals surface area contributed by atoms with Gasteiger partial charge in [0.25, 0.3) is 0 Å². The molecule has 0 fully saturated rings. The molecule has 1 heterocycles. The molecule has 0 radical (unpaired) electrons. The fourth-order valence-electron chi connectivity index (χ4n) is 1.74. The zero-order valence-corrected chi connectivity index (χ0v) is 12.0. The molecule has 0 saturated heterocycles. The van der Waals surface area contributed by atoms with E-state index in [1.807, 2.05) is 0 Å². The summed E-state index contributed by atoms with van der Waals surface area (Å²) in [4.78, 5) is 10.7. The molecular formula is C13H14N2O5S. The third-order valence-corrected chi connectivity index (χ3v) is 3.80. The summed E-state index contributed by atoms with van der Waals surface area (Å²) in [5.74, 6) is -0.648. The summed E-state index contributed by atoms with van der Waals surface area (Å²) in [6.45, 7) is 2.03. The summed E-state index contributed by atoms with van der Waals surface area (Å²) in [6, 6.07) is 5.87. The van der Waals surface area contributed by atoms with Crippen molar-refractivity contribution in [2.45, 2.75) is 18.4 Å². The smallest absolute Gasteiger partial charge is 0.338 e. The lowest BCUT2D eigenvalue weighted by atomic mass is 10.2. The number of nitrogens with one attached hydrogen (secondary N) is 1. The zero-order chi connectivity index (χ0) is 15.6.